The molecule has 2 saturated heterocycles. The van der Waals surface area contributed by atoms with Crippen LogP contribution >= 0.6 is 0 Å². The molecule has 2 aromatic heterocycles. The van der Waals surface area contributed by atoms with Gasteiger partial charge in [-0.15, -0.1) is 0 Å². The largest absolute Gasteiger partial charge is 0.468 e. The van der Waals surface area contributed by atoms with E-state index in [4.69, 9.17) is 24.2 Å². The molecule has 0 saturated carbocycles. The van der Waals surface area contributed by atoms with Crippen molar-refractivity contribution in [2.75, 3.05) is 52.2 Å². The molecule has 234 valence electrons. The highest BCUT2D eigenvalue weighted by Crippen LogP contribution is 2.39. The number of halogens is 1. The molecule has 0 radical (unpaired) electrons. The van der Waals surface area contributed by atoms with Gasteiger partial charge in [0.05, 0.1) is 12.0 Å². The van der Waals surface area contributed by atoms with Crippen LogP contribution < -0.4 is 14.4 Å². The SMILES string of the molecule is CCc1cccc2cc(OCOC)cc(-c3ncc4c(N5CCCCCC5)nc(OC[C@@H]5CC[C@@H](CO)N5C)nc4c3F)c12. The van der Waals surface area contributed by atoms with Crippen LogP contribution in [-0.4, -0.2) is 84.3 Å². The summed E-state index contributed by atoms with van der Waals surface area (Å²) in [5.41, 5.74) is 2.14. The van der Waals surface area contributed by atoms with Crippen molar-refractivity contribution in [3.8, 4) is 23.0 Å². The highest BCUT2D eigenvalue weighted by Gasteiger charge is 2.31. The Labute approximate surface area is 258 Å². The van der Waals surface area contributed by atoms with Crippen LogP contribution in [0, 0.1) is 5.82 Å². The molecule has 0 unspecified atom stereocenters. The second kappa shape index (κ2) is 13.6. The second-order valence-corrected chi connectivity index (χ2v) is 11.8. The fraction of sp³-hybridized carbons (Fsp3) is 0.500. The van der Waals surface area contributed by atoms with Crippen molar-refractivity contribution >= 4 is 27.5 Å². The number of methoxy groups -OCH3 is 1. The summed E-state index contributed by atoms with van der Waals surface area (Å²) in [5, 5.41) is 12.1. The number of fused-ring (bicyclic) bond motifs is 2. The molecule has 2 aliphatic rings. The van der Waals surface area contributed by atoms with E-state index in [9.17, 15) is 5.11 Å². The van der Waals surface area contributed by atoms with Crippen molar-refractivity contribution < 1.29 is 23.7 Å². The Kier molecular flexibility index (Phi) is 9.39. The fourth-order valence-electron chi connectivity index (χ4n) is 6.65. The maximum atomic E-state index is 16.9. The number of pyridine rings is 1. The van der Waals surface area contributed by atoms with Gasteiger partial charge in [0.1, 0.15) is 29.4 Å². The van der Waals surface area contributed by atoms with Gasteiger partial charge in [0, 0.05) is 44.0 Å². The molecule has 6 rings (SSSR count). The van der Waals surface area contributed by atoms with Gasteiger partial charge in [-0.25, -0.2) is 4.39 Å². The molecule has 0 bridgehead atoms. The van der Waals surface area contributed by atoms with Crippen molar-refractivity contribution in [3.05, 3.63) is 47.9 Å². The molecule has 0 spiro atoms. The van der Waals surface area contributed by atoms with Crippen LogP contribution in [0.15, 0.2) is 36.5 Å². The van der Waals surface area contributed by atoms with E-state index < -0.39 is 5.82 Å². The van der Waals surface area contributed by atoms with Crippen molar-refractivity contribution in [2.24, 2.45) is 0 Å². The van der Waals surface area contributed by atoms with Gasteiger partial charge in [-0.2, -0.15) is 9.97 Å². The van der Waals surface area contributed by atoms with Crippen LogP contribution in [0.3, 0.4) is 0 Å². The number of nitrogens with zero attached hydrogens (tertiary/aromatic N) is 5. The lowest BCUT2D eigenvalue weighted by Crippen LogP contribution is -2.37. The number of aliphatic hydroxyl groups is 1. The summed E-state index contributed by atoms with van der Waals surface area (Å²) >= 11 is 0. The molecule has 4 aromatic rings. The Hall–Kier alpha value is -3.60. The Balaban J connectivity index is 1.48. The minimum absolute atomic E-state index is 0.0778. The maximum Gasteiger partial charge on any atom is 0.319 e. The molecular weight excluding hydrogens is 561 g/mol. The summed E-state index contributed by atoms with van der Waals surface area (Å²) in [7, 11) is 3.57. The first-order valence-corrected chi connectivity index (χ1v) is 15.8. The number of rotatable bonds is 10. The molecule has 2 aliphatic heterocycles. The summed E-state index contributed by atoms with van der Waals surface area (Å²) in [4.78, 5) is 18.6. The molecule has 9 nitrogen and oxygen atoms in total. The van der Waals surface area contributed by atoms with Gasteiger partial charge in [-0.1, -0.05) is 38.0 Å². The van der Waals surface area contributed by atoms with Crippen molar-refractivity contribution in [1.29, 1.82) is 0 Å². The molecule has 2 atom stereocenters. The van der Waals surface area contributed by atoms with E-state index in [1.54, 1.807) is 13.3 Å². The zero-order valence-electron chi connectivity index (χ0n) is 25.9. The first-order chi connectivity index (χ1) is 21.5. The average molecular weight is 604 g/mol. The molecule has 2 fully saturated rings. The number of anilines is 1. The lowest BCUT2D eigenvalue weighted by Gasteiger charge is -2.25. The van der Waals surface area contributed by atoms with Crippen LogP contribution in [0.2, 0.25) is 0 Å². The van der Waals surface area contributed by atoms with Crippen LogP contribution in [-0.2, 0) is 11.2 Å². The summed E-state index contributed by atoms with van der Waals surface area (Å²) in [5.74, 6) is 0.720. The monoisotopic (exact) mass is 603 g/mol. The topological polar surface area (TPSA) is 93.1 Å². The third kappa shape index (κ3) is 6.03. The minimum atomic E-state index is -0.514. The Morgan fingerprint density at radius 1 is 1.02 bits per heavy atom. The van der Waals surface area contributed by atoms with E-state index in [0.29, 0.717) is 29.1 Å². The van der Waals surface area contributed by atoms with Gasteiger partial charge >= 0.3 is 6.01 Å². The number of benzene rings is 2. The highest BCUT2D eigenvalue weighted by atomic mass is 19.1. The third-order valence-corrected chi connectivity index (χ3v) is 9.17. The van der Waals surface area contributed by atoms with Gasteiger partial charge in [0.25, 0.3) is 0 Å². The Bertz CT molecular complexity index is 1610. The van der Waals surface area contributed by atoms with Crippen LogP contribution in [0.1, 0.15) is 51.0 Å². The standard InChI is InChI=1S/C34H42FN5O4/c1-4-22-10-9-11-23-16-26(44-21-42-3)17-27(29(22)23)31-30(35)32-28(18-36-31)33(40-14-7-5-6-8-15-40)38-34(37-32)43-20-25-13-12-24(19-41)39(25)2/h9-11,16-18,24-25,41H,4-8,12-15,19-21H2,1-3H3/t24-,25-/m0/s1. The second-order valence-electron chi connectivity index (χ2n) is 11.8. The number of ether oxygens (including phenoxy) is 3. The molecule has 44 heavy (non-hydrogen) atoms. The fourth-order valence-corrected chi connectivity index (χ4v) is 6.65. The molecule has 0 aliphatic carbocycles. The molecular formula is C34H42FN5O4. The van der Waals surface area contributed by atoms with E-state index in [2.05, 4.69) is 27.8 Å². The zero-order valence-corrected chi connectivity index (χ0v) is 25.9. The summed E-state index contributed by atoms with van der Waals surface area (Å²) in [6.07, 6.45) is 8.72. The van der Waals surface area contributed by atoms with E-state index in [-0.39, 0.29) is 42.7 Å². The van der Waals surface area contributed by atoms with Crippen molar-refractivity contribution in [1.82, 2.24) is 19.9 Å². The molecule has 1 N–H and O–H groups in total. The minimum Gasteiger partial charge on any atom is -0.468 e. The quantitative estimate of drug-likeness (QED) is 0.228. The number of likely N-dealkylation sites (tertiary alicyclic amines) is 1. The number of aryl methyl sites for hydroxylation is 1. The lowest BCUT2D eigenvalue weighted by atomic mass is 9.95. The number of hydrogen-bond donors (Lipinski definition) is 1. The average Bonchev–Trinajstić information content (AvgIpc) is 3.21. The predicted octanol–water partition coefficient (Wildman–Crippen LogP) is 5.74. The number of hydrogen-bond acceptors (Lipinski definition) is 9. The van der Waals surface area contributed by atoms with E-state index >= 15 is 4.39 Å². The lowest BCUT2D eigenvalue weighted by molar-refractivity contribution is 0.0512. The van der Waals surface area contributed by atoms with Gasteiger partial charge in [-0.3, -0.25) is 9.88 Å². The number of aromatic nitrogens is 3. The van der Waals surface area contributed by atoms with Crippen LogP contribution in [0.4, 0.5) is 10.2 Å². The van der Waals surface area contributed by atoms with E-state index in [1.807, 2.05) is 31.3 Å². The van der Waals surface area contributed by atoms with Crippen LogP contribution in [0.5, 0.6) is 11.8 Å². The van der Waals surface area contributed by atoms with Gasteiger partial charge in [-0.05, 0) is 67.6 Å². The summed E-state index contributed by atoms with van der Waals surface area (Å²) < 4.78 is 34.0. The van der Waals surface area contributed by atoms with E-state index in [1.165, 1.54) is 0 Å². The van der Waals surface area contributed by atoms with Gasteiger partial charge in [0.2, 0.25) is 0 Å². The maximum absolute atomic E-state index is 16.9. The first-order valence-electron chi connectivity index (χ1n) is 15.8. The first kappa shape index (κ1) is 30.4. The Morgan fingerprint density at radius 3 is 2.55 bits per heavy atom. The smallest absolute Gasteiger partial charge is 0.319 e. The van der Waals surface area contributed by atoms with Crippen molar-refractivity contribution in [2.45, 2.75) is 64.0 Å². The highest BCUT2D eigenvalue weighted by molar-refractivity contribution is 6.01. The van der Waals surface area contributed by atoms with Crippen LogP contribution in [0.25, 0.3) is 32.9 Å². The number of likely N-dealkylation sites (N-methyl/N-ethyl adjacent to an activating group) is 1. The summed E-state index contributed by atoms with van der Waals surface area (Å²) in [6.45, 7) is 4.32. The molecule has 4 heterocycles. The summed E-state index contributed by atoms with van der Waals surface area (Å²) in [6, 6.07) is 10.2. The zero-order chi connectivity index (χ0) is 30.6. The third-order valence-electron chi connectivity index (χ3n) is 9.17. The van der Waals surface area contributed by atoms with Crippen molar-refractivity contribution in [3.63, 3.8) is 0 Å². The predicted molar refractivity (Wildman–Crippen MR) is 170 cm³/mol. The molecule has 2 aromatic carbocycles. The molecule has 10 heteroatoms. The van der Waals surface area contributed by atoms with E-state index in [0.717, 1.165) is 74.4 Å². The number of aliphatic hydroxyl groups excluding tert-OH is 1. The Morgan fingerprint density at radius 2 is 1.82 bits per heavy atom. The molecule has 0 amide bonds. The van der Waals surface area contributed by atoms with Gasteiger partial charge < -0.3 is 24.2 Å². The van der Waals surface area contributed by atoms with Gasteiger partial charge in [0.15, 0.2) is 12.6 Å². The normalized spacial score (nSPS) is 19.5.